The molecule has 0 saturated heterocycles. The highest BCUT2D eigenvalue weighted by Crippen LogP contribution is 2.46. The van der Waals surface area contributed by atoms with Crippen molar-refractivity contribution < 1.29 is 23.9 Å². The fourth-order valence-electron chi connectivity index (χ4n) is 5.09. The molecule has 31 heavy (non-hydrogen) atoms. The number of carbonyl (C=O) groups is 3. The average molecular weight is 444 g/mol. The van der Waals surface area contributed by atoms with Crippen LogP contribution in [0.4, 0.5) is 0 Å². The third-order valence-corrected chi connectivity index (χ3v) is 7.55. The maximum Gasteiger partial charge on any atom is 0.337 e. The number of ketones is 1. The lowest BCUT2D eigenvalue weighted by molar-refractivity contribution is -0.151. The van der Waals surface area contributed by atoms with Crippen LogP contribution in [0, 0.1) is 11.8 Å². The molecule has 1 aromatic rings. The van der Waals surface area contributed by atoms with E-state index in [1.54, 1.807) is 0 Å². The Hall–Kier alpha value is -2.41. The van der Waals surface area contributed by atoms with Crippen LogP contribution in [0.1, 0.15) is 63.2 Å². The van der Waals surface area contributed by atoms with E-state index in [-0.39, 0.29) is 23.8 Å². The van der Waals surface area contributed by atoms with Crippen molar-refractivity contribution in [2.75, 3.05) is 7.11 Å². The summed E-state index contributed by atoms with van der Waals surface area (Å²) in [6.07, 6.45) is 5.53. The van der Waals surface area contributed by atoms with Crippen LogP contribution in [0.25, 0.3) is 0 Å². The van der Waals surface area contributed by atoms with E-state index in [2.05, 4.69) is 5.32 Å². The normalized spacial score (nSPS) is 26.9. The first-order chi connectivity index (χ1) is 14.9. The maximum absolute atomic E-state index is 13.6. The largest absolute Gasteiger partial charge is 0.468 e. The Balaban J connectivity index is 1.73. The van der Waals surface area contributed by atoms with Crippen molar-refractivity contribution in [2.24, 2.45) is 11.8 Å². The molecule has 0 unspecified atom stereocenters. The van der Waals surface area contributed by atoms with Crippen molar-refractivity contribution in [2.45, 2.75) is 64.4 Å². The summed E-state index contributed by atoms with van der Waals surface area (Å²) in [5.41, 5.74) is 2.48. The van der Waals surface area contributed by atoms with Gasteiger partial charge in [-0.1, -0.05) is 19.4 Å². The second kappa shape index (κ2) is 8.99. The van der Waals surface area contributed by atoms with Crippen molar-refractivity contribution >= 4 is 29.1 Å². The summed E-state index contributed by atoms with van der Waals surface area (Å²) in [5, 5.41) is 5.24. The number of thiophene rings is 1. The Morgan fingerprint density at radius 1 is 1.19 bits per heavy atom. The zero-order valence-corrected chi connectivity index (χ0v) is 19.1. The van der Waals surface area contributed by atoms with Crippen LogP contribution in [-0.4, -0.2) is 30.9 Å². The van der Waals surface area contributed by atoms with E-state index in [9.17, 15) is 14.4 Å². The highest BCUT2D eigenvalue weighted by Gasteiger charge is 2.47. The van der Waals surface area contributed by atoms with Gasteiger partial charge in [-0.2, -0.15) is 0 Å². The molecule has 3 aliphatic rings. The molecular weight excluding hydrogens is 414 g/mol. The molecule has 7 heteroatoms. The van der Waals surface area contributed by atoms with E-state index in [1.807, 2.05) is 31.4 Å². The third-order valence-electron chi connectivity index (χ3n) is 6.62. The highest BCUT2D eigenvalue weighted by atomic mass is 32.1. The topological polar surface area (TPSA) is 81.7 Å². The van der Waals surface area contributed by atoms with E-state index in [4.69, 9.17) is 9.47 Å². The van der Waals surface area contributed by atoms with Crippen molar-refractivity contribution in [1.29, 1.82) is 0 Å². The number of allylic oxidation sites excluding steroid dienone is 3. The Morgan fingerprint density at radius 3 is 2.58 bits per heavy atom. The molecule has 0 aromatic carbocycles. The number of rotatable bonds is 4. The summed E-state index contributed by atoms with van der Waals surface area (Å²) < 4.78 is 10.8. The Labute approximate surface area is 186 Å². The molecule has 1 aromatic heterocycles. The summed E-state index contributed by atoms with van der Waals surface area (Å²) >= 11 is 1.50. The molecule has 3 atom stereocenters. The number of Topliss-reactive ketones (excluding diaryl/α,β-unsaturated/α-hetero) is 1. The number of carbonyl (C=O) groups excluding carboxylic acids is 3. The summed E-state index contributed by atoms with van der Waals surface area (Å²) in [7, 11) is 1.30. The van der Waals surface area contributed by atoms with Gasteiger partial charge >= 0.3 is 11.9 Å². The van der Waals surface area contributed by atoms with Crippen molar-refractivity contribution in [3.05, 3.63) is 44.9 Å². The number of methoxy groups -OCH3 is 1. The van der Waals surface area contributed by atoms with E-state index in [1.165, 1.54) is 24.9 Å². The average Bonchev–Trinajstić information content (AvgIpc) is 3.27. The smallest absolute Gasteiger partial charge is 0.337 e. The van der Waals surface area contributed by atoms with Crippen molar-refractivity contribution in [1.82, 2.24) is 5.32 Å². The molecule has 2 heterocycles. The van der Waals surface area contributed by atoms with Gasteiger partial charge in [-0.25, -0.2) is 4.79 Å². The summed E-state index contributed by atoms with van der Waals surface area (Å²) in [6, 6.07) is 3.85. The molecular formula is C24H29NO5S. The number of nitrogens with one attached hydrogen (secondary N) is 1. The Bertz CT molecular complexity index is 939. The van der Waals surface area contributed by atoms with Crippen molar-refractivity contribution in [3.63, 3.8) is 0 Å². The van der Waals surface area contributed by atoms with E-state index >= 15 is 0 Å². The predicted octanol–water partition coefficient (Wildman–Crippen LogP) is 4.24. The van der Waals surface area contributed by atoms with Crippen LogP contribution in [0.5, 0.6) is 0 Å². The minimum atomic E-state index is -0.859. The van der Waals surface area contributed by atoms with Gasteiger partial charge in [0, 0.05) is 21.8 Å². The SMILES string of the molecule is COC(=O)[C@H]1C(=O)C2=C(C[C@@H]1C)NC(C)=C(C(=O)OC1CCCCC1)[C@H]2c1cccs1. The van der Waals surface area contributed by atoms with E-state index < -0.39 is 17.8 Å². The van der Waals surface area contributed by atoms with Gasteiger partial charge in [0.2, 0.25) is 0 Å². The Kier molecular flexibility index (Phi) is 6.32. The first-order valence-electron chi connectivity index (χ1n) is 11.0. The third kappa shape index (κ3) is 4.07. The zero-order valence-electron chi connectivity index (χ0n) is 18.2. The minimum Gasteiger partial charge on any atom is -0.468 e. The number of dihydropyridines is 1. The molecule has 0 radical (unpaired) electrons. The van der Waals surface area contributed by atoms with Gasteiger partial charge in [0.25, 0.3) is 0 Å². The minimum absolute atomic E-state index is 0.0780. The number of esters is 2. The number of ether oxygens (including phenoxy) is 2. The van der Waals surface area contributed by atoms with Gasteiger partial charge < -0.3 is 14.8 Å². The molecule has 1 saturated carbocycles. The van der Waals surface area contributed by atoms with Crippen LogP contribution in [0.3, 0.4) is 0 Å². The molecule has 1 fully saturated rings. The molecule has 0 amide bonds. The van der Waals surface area contributed by atoms with Gasteiger partial charge in [-0.05, 0) is 56.4 Å². The van der Waals surface area contributed by atoms with Crippen LogP contribution in [0.15, 0.2) is 40.1 Å². The molecule has 0 spiro atoms. The standard InChI is InChI=1S/C24H29NO5S/c1-13-12-16-20(22(26)18(13)23(27)29-3)21(17-10-7-11-31-17)19(14(2)25-16)24(28)30-15-8-5-4-6-9-15/h7,10-11,13,15,18,21,25H,4-6,8-9,12H2,1-3H3/t13-,18+,21+/m0/s1. The first kappa shape index (κ1) is 21.8. The summed E-state index contributed by atoms with van der Waals surface area (Å²) in [4.78, 5) is 40.2. The van der Waals surface area contributed by atoms with Gasteiger partial charge in [0.15, 0.2) is 5.78 Å². The van der Waals surface area contributed by atoms with Crippen LogP contribution in [-0.2, 0) is 23.9 Å². The molecule has 2 aliphatic carbocycles. The zero-order chi connectivity index (χ0) is 22.1. The van der Waals surface area contributed by atoms with Gasteiger partial charge in [0.1, 0.15) is 12.0 Å². The van der Waals surface area contributed by atoms with Crippen LogP contribution in [0.2, 0.25) is 0 Å². The first-order valence-corrected chi connectivity index (χ1v) is 11.9. The summed E-state index contributed by atoms with van der Waals surface area (Å²) in [5.74, 6) is -2.73. The van der Waals surface area contributed by atoms with E-state index in [0.717, 1.165) is 42.0 Å². The second-order valence-electron chi connectivity index (χ2n) is 8.72. The second-order valence-corrected chi connectivity index (χ2v) is 9.70. The predicted molar refractivity (Wildman–Crippen MR) is 117 cm³/mol. The monoisotopic (exact) mass is 443 g/mol. The molecule has 4 rings (SSSR count). The van der Waals surface area contributed by atoms with Gasteiger partial charge in [-0.3, -0.25) is 9.59 Å². The van der Waals surface area contributed by atoms with Crippen LogP contribution >= 0.6 is 11.3 Å². The lowest BCUT2D eigenvalue weighted by atomic mass is 9.70. The lowest BCUT2D eigenvalue weighted by Crippen LogP contribution is -2.43. The molecule has 166 valence electrons. The summed E-state index contributed by atoms with van der Waals surface area (Å²) in [6.45, 7) is 3.75. The fourth-order valence-corrected chi connectivity index (χ4v) is 5.93. The van der Waals surface area contributed by atoms with Gasteiger partial charge in [0.05, 0.1) is 18.6 Å². The van der Waals surface area contributed by atoms with Crippen molar-refractivity contribution in [3.8, 4) is 0 Å². The molecule has 0 bridgehead atoms. The van der Waals surface area contributed by atoms with E-state index in [0.29, 0.717) is 17.6 Å². The highest BCUT2D eigenvalue weighted by molar-refractivity contribution is 7.10. The number of hydrogen-bond donors (Lipinski definition) is 1. The van der Waals surface area contributed by atoms with Gasteiger partial charge in [-0.15, -0.1) is 11.3 Å². The molecule has 6 nitrogen and oxygen atoms in total. The lowest BCUT2D eigenvalue weighted by Gasteiger charge is -2.38. The Morgan fingerprint density at radius 2 is 1.94 bits per heavy atom. The maximum atomic E-state index is 13.6. The quantitative estimate of drug-likeness (QED) is 0.554. The molecule has 1 aliphatic heterocycles. The fraction of sp³-hybridized carbons (Fsp3) is 0.542. The van der Waals surface area contributed by atoms with Crippen LogP contribution < -0.4 is 5.32 Å². The number of hydrogen-bond acceptors (Lipinski definition) is 7. The molecule has 1 N–H and O–H groups in total.